The molecule has 3 rings (SSSR count). The third-order valence-electron chi connectivity index (χ3n) is 6.35. The van der Waals surface area contributed by atoms with Gasteiger partial charge >= 0.3 is 12.1 Å². The smallest absolute Gasteiger partial charge is 0.416 e. The number of amidine groups is 1. The first-order chi connectivity index (χ1) is 17.7. The number of hydrogen-bond donors (Lipinski definition) is 2. The van der Waals surface area contributed by atoms with Gasteiger partial charge in [-0.2, -0.15) is 18.4 Å². The van der Waals surface area contributed by atoms with E-state index < -0.39 is 43.5 Å². The van der Waals surface area contributed by atoms with Crippen molar-refractivity contribution in [2.24, 2.45) is 11.7 Å². The molecule has 200 valence electrons. The first kappa shape index (κ1) is 28.7. The van der Waals surface area contributed by atoms with Crippen LogP contribution in [0.3, 0.4) is 0 Å². The topological polar surface area (TPSA) is 120 Å². The number of nitrogens with zero attached hydrogens (tertiary/aromatic N) is 2. The van der Waals surface area contributed by atoms with E-state index in [1.807, 2.05) is 6.07 Å². The highest BCUT2D eigenvalue weighted by Gasteiger charge is 2.46. The fourth-order valence-corrected chi connectivity index (χ4v) is 5.08. The van der Waals surface area contributed by atoms with Gasteiger partial charge in [-0.1, -0.05) is 37.8 Å². The molecule has 0 saturated carbocycles. The van der Waals surface area contributed by atoms with Gasteiger partial charge in [0.1, 0.15) is 11.8 Å². The van der Waals surface area contributed by atoms with E-state index in [2.05, 4.69) is 19.6 Å². The third kappa shape index (κ3) is 6.14. The van der Waals surface area contributed by atoms with Gasteiger partial charge < -0.3 is 15.4 Å². The highest BCUT2D eigenvalue weighted by atomic mass is 28.3. The highest BCUT2D eigenvalue weighted by Crippen LogP contribution is 2.43. The molecular weight excluding hydrogens is 513 g/mol. The van der Waals surface area contributed by atoms with Gasteiger partial charge in [0.05, 0.1) is 29.4 Å². The Morgan fingerprint density at radius 1 is 1.16 bits per heavy atom. The molecule has 3 N–H and O–H groups in total. The van der Waals surface area contributed by atoms with Crippen molar-refractivity contribution in [1.82, 2.24) is 0 Å². The van der Waals surface area contributed by atoms with Crippen molar-refractivity contribution >= 4 is 31.5 Å². The van der Waals surface area contributed by atoms with E-state index in [0.717, 1.165) is 17.0 Å². The van der Waals surface area contributed by atoms with Crippen LogP contribution in [-0.4, -0.2) is 32.4 Å². The van der Waals surface area contributed by atoms with Crippen molar-refractivity contribution in [3.63, 3.8) is 0 Å². The fourth-order valence-electron chi connectivity index (χ4n) is 4.37. The second-order valence-corrected chi connectivity index (χ2v) is 15.9. The van der Waals surface area contributed by atoms with Crippen LogP contribution in [0, 0.1) is 22.7 Å². The minimum absolute atomic E-state index is 0.0162. The molecule has 1 aliphatic heterocycles. The standard InChI is InChI=1S/C27H29F3N4O3Si/c1-16-21(26(36)37-12-13-38(2,3)4)22(18-10-8-17(15-31)9-11-18)23(25(33)35)24(32)34(16)20-7-5-6-19(14-20)27(28,29)30/h5-11,14,22-23,32H,12-13H2,1-4H3,(H2,33,35). The Balaban J connectivity index is 2.22. The number of amides is 1. The summed E-state index contributed by atoms with van der Waals surface area (Å²) in [7, 11) is -1.56. The minimum atomic E-state index is -4.64. The first-order valence-electron chi connectivity index (χ1n) is 11.9. The summed E-state index contributed by atoms with van der Waals surface area (Å²) in [5.74, 6) is -4.47. The molecular formula is C27H29F3N4O3Si. The number of primary amides is 1. The van der Waals surface area contributed by atoms with Gasteiger partial charge in [0.2, 0.25) is 5.91 Å². The molecule has 0 aliphatic carbocycles. The summed E-state index contributed by atoms with van der Waals surface area (Å²) in [6, 6.07) is 13.1. The summed E-state index contributed by atoms with van der Waals surface area (Å²) in [4.78, 5) is 27.4. The lowest BCUT2D eigenvalue weighted by molar-refractivity contribution is -0.139. The van der Waals surface area contributed by atoms with E-state index >= 15 is 0 Å². The van der Waals surface area contributed by atoms with Crippen molar-refractivity contribution < 1.29 is 27.5 Å². The number of benzene rings is 2. The van der Waals surface area contributed by atoms with E-state index in [-0.39, 0.29) is 29.4 Å². The number of nitriles is 1. The maximum Gasteiger partial charge on any atom is 0.416 e. The number of ether oxygens (including phenoxy) is 1. The summed E-state index contributed by atoms with van der Waals surface area (Å²) in [5.41, 5.74) is 5.71. The van der Waals surface area contributed by atoms with Crippen LogP contribution in [0.15, 0.2) is 59.8 Å². The lowest BCUT2D eigenvalue weighted by Crippen LogP contribution is -2.49. The summed E-state index contributed by atoms with van der Waals surface area (Å²) < 4.78 is 46.0. The van der Waals surface area contributed by atoms with Crippen LogP contribution in [0.5, 0.6) is 0 Å². The number of rotatable bonds is 7. The van der Waals surface area contributed by atoms with Crippen molar-refractivity contribution in [2.45, 2.75) is 44.7 Å². The molecule has 2 aromatic carbocycles. The molecule has 1 amide bonds. The zero-order chi connectivity index (χ0) is 28.4. The number of nitrogens with two attached hydrogens (primary N) is 1. The normalized spacial score (nSPS) is 18.3. The van der Waals surface area contributed by atoms with Crippen LogP contribution in [0.4, 0.5) is 18.9 Å². The number of allylic oxidation sites excluding steroid dienone is 1. The number of carbonyl (C=O) groups is 2. The van der Waals surface area contributed by atoms with Crippen LogP contribution >= 0.6 is 0 Å². The molecule has 0 bridgehead atoms. The zero-order valence-corrected chi connectivity index (χ0v) is 22.5. The van der Waals surface area contributed by atoms with E-state index in [1.165, 1.54) is 31.2 Å². The maximum atomic E-state index is 13.5. The average molecular weight is 543 g/mol. The summed E-state index contributed by atoms with van der Waals surface area (Å²) in [6.45, 7) is 7.98. The number of alkyl halides is 3. The predicted octanol–water partition coefficient (Wildman–Crippen LogP) is 5.42. The molecule has 11 heteroatoms. The molecule has 0 radical (unpaired) electrons. The Bertz CT molecular complexity index is 1320. The van der Waals surface area contributed by atoms with Gasteiger partial charge in [0, 0.05) is 25.4 Å². The van der Waals surface area contributed by atoms with Crippen molar-refractivity contribution in [2.75, 3.05) is 11.5 Å². The van der Waals surface area contributed by atoms with Crippen molar-refractivity contribution in [3.05, 3.63) is 76.5 Å². The SMILES string of the molecule is CC1=C(C(=O)OCC[Si](C)(C)C)C(c2ccc(C#N)cc2)C(C(N)=O)C(=N)N1c1cccc(C(F)(F)F)c1. The number of nitrogens with one attached hydrogen (secondary N) is 1. The molecule has 0 spiro atoms. The van der Waals surface area contributed by atoms with Gasteiger partial charge in [0.15, 0.2) is 0 Å². The second kappa shape index (κ2) is 10.8. The van der Waals surface area contributed by atoms with Gasteiger partial charge in [-0.05, 0) is 48.9 Å². The predicted molar refractivity (Wildman–Crippen MR) is 140 cm³/mol. The largest absolute Gasteiger partial charge is 0.463 e. The van der Waals surface area contributed by atoms with Crippen LogP contribution in [0.25, 0.3) is 0 Å². The molecule has 7 nitrogen and oxygen atoms in total. The molecule has 0 fully saturated rings. The Morgan fingerprint density at radius 3 is 2.32 bits per heavy atom. The third-order valence-corrected chi connectivity index (χ3v) is 8.05. The number of esters is 1. The Labute approximate surface area is 220 Å². The lowest BCUT2D eigenvalue weighted by atomic mass is 9.75. The summed E-state index contributed by atoms with van der Waals surface area (Å²) in [6.07, 6.45) is -4.64. The monoisotopic (exact) mass is 542 g/mol. The van der Waals surface area contributed by atoms with Gasteiger partial charge in [-0.25, -0.2) is 4.79 Å². The van der Waals surface area contributed by atoms with Crippen molar-refractivity contribution in [3.8, 4) is 6.07 Å². The summed E-state index contributed by atoms with van der Waals surface area (Å²) >= 11 is 0. The molecule has 1 heterocycles. The van der Waals surface area contributed by atoms with E-state index in [0.29, 0.717) is 17.2 Å². The molecule has 38 heavy (non-hydrogen) atoms. The van der Waals surface area contributed by atoms with Gasteiger partial charge in [0.25, 0.3) is 0 Å². The Hall–Kier alpha value is -3.91. The number of halogens is 3. The van der Waals surface area contributed by atoms with Crippen molar-refractivity contribution in [1.29, 1.82) is 10.7 Å². The maximum absolute atomic E-state index is 13.5. The quantitative estimate of drug-likeness (QED) is 0.358. The average Bonchev–Trinajstić information content (AvgIpc) is 2.82. The highest BCUT2D eigenvalue weighted by molar-refractivity contribution is 6.76. The Morgan fingerprint density at radius 2 is 1.79 bits per heavy atom. The van der Waals surface area contributed by atoms with Crippen LogP contribution < -0.4 is 10.6 Å². The van der Waals surface area contributed by atoms with Gasteiger partial charge in [-0.15, -0.1) is 0 Å². The number of carbonyl (C=O) groups excluding carboxylic acids is 2. The minimum Gasteiger partial charge on any atom is -0.463 e. The number of anilines is 1. The molecule has 2 aromatic rings. The van der Waals surface area contributed by atoms with E-state index in [4.69, 9.17) is 15.9 Å². The number of hydrogen-bond acceptors (Lipinski definition) is 5. The molecule has 2 atom stereocenters. The zero-order valence-electron chi connectivity index (χ0n) is 21.5. The Kier molecular flexibility index (Phi) is 8.17. The summed E-state index contributed by atoms with van der Waals surface area (Å²) in [5, 5.41) is 18.0. The van der Waals surface area contributed by atoms with E-state index in [9.17, 15) is 28.0 Å². The molecule has 2 unspecified atom stereocenters. The van der Waals surface area contributed by atoms with E-state index in [1.54, 1.807) is 12.1 Å². The van der Waals surface area contributed by atoms with Crippen LogP contribution in [0.1, 0.15) is 29.5 Å². The second-order valence-electron chi connectivity index (χ2n) is 10.3. The fraction of sp³-hybridized carbons (Fsp3) is 0.333. The molecule has 1 aliphatic rings. The molecule has 0 aromatic heterocycles. The van der Waals surface area contributed by atoms with Crippen LogP contribution in [0.2, 0.25) is 25.7 Å². The molecule has 0 saturated heterocycles. The lowest BCUT2D eigenvalue weighted by Gasteiger charge is -2.40. The van der Waals surface area contributed by atoms with Crippen LogP contribution in [-0.2, 0) is 20.5 Å². The first-order valence-corrected chi connectivity index (χ1v) is 15.6. The van der Waals surface area contributed by atoms with Gasteiger partial charge in [-0.3, -0.25) is 10.2 Å².